The number of ether oxygens (including phenoxy) is 12. The van der Waals surface area contributed by atoms with Crippen LogP contribution in [0.1, 0.15) is 22.3 Å². The summed E-state index contributed by atoms with van der Waals surface area (Å²) >= 11 is 0. The number of hydrogen-bond acceptors (Lipinski definition) is 24. The zero-order valence-corrected chi connectivity index (χ0v) is 36.3. The Morgan fingerprint density at radius 2 is 0.424 bits per heavy atom. The van der Waals surface area contributed by atoms with E-state index in [-0.39, 0.29) is 72.1 Å². The molecule has 0 bridgehead atoms. The van der Waals surface area contributed by atoms with Gasteiger partial charge in [0.25, 0.3) is 0 Å². The molecule has 0 atom stereocenters. The molecule has 338 valence electrons. The van der Waals surface area contributed by atoms with Crippen LogP contribution in [0.4, 0.5) is 0 Å². The average Bonchev–Trinajstić information content (AvgIpc) is 3.34. The third kappa shape index (κ3) is 12.0. The summed E-state index contributed by atoms with van der Waals surface area (Å²) in [7, 11) is 11.3. The highest BCUT2D eigenvalue weighted by Crippen LogP contribution is 2.33. The van der Waals surface area contributed by atoms with Crippen LogP contribution in [-0.2, 0) is 0 Å². The number of benzene rings is 3. The molecule has 24 heteroatoms. The zero-order chi connectivity index (χ0) is 46.4. The molecule has 0 amide bonds. The van der Waals surface area contributed by atoms with Gasteiger partial charge in [0.05, 0.1) is 56.9 Å². The normalized spacial score (nSPS) is 10.9. The van der Waals surface area contributed by atoms with Gasteiger partial charge in [-0.25, -0.2) is 0 Å². The standard InChI is InChI=1S/C42H38N12O12/c1-55-31-43-32(56-2)48-39(47-31)63-27-17-25(18-28(21-27)64-40-49-33(57-3)44-34(50-40)58-4)15-13-23-9-11-24(12-10-23)14-16-26-19-29(65-41-51-35(59-5)45-36(52-41)60-6)22-30(20-26)66-42-53-37(61-7)46-38(54-42)62-8/h9-22H,1-8H3/b15-13+,16-14+. The van der Waals surface area contributed by atoms with E-state index < -0.39 is 0 Å². The molecule has 0 aliphatic carbocycles. The lowest BCUT2D eigenvalue weighted by Crippen LogP contribution is -2.02. The van der Waals surface area contributed by atoms with Crippen molar-refractivity contribution in [3.63, 3.8) is 0 Å². The molecule has 4 heterocycles. The van der Waals surface area contributed by atoms with Gasteiger partial charge in [-0.1, -0.05) is 48.6 Å². The van der Waals surface area contributed by atoms with Gasteiger partial charge in [0, 0.05) is 12.1 Å². The van der Waals surface area contributed by atoms with E-state index in [4.69, 9.17) is 56.8 Å². The number of aromatic nitrogens is 12. The fourth-order valence-corrected chi connectivity index (χ4v) is 5.34. The highest BCUT2D eigenvalue weighted by molar-refractivity contribution is 5.74. The fourth-order valence-electron chi connectivity index (χ4n) is 5.34. The van der Waals surface area contributed by atoms with Crippen LogP contribution in [0.5, 0.6) is 95.1 Å². The predicted octanol–water partition coefficient (Wildman–Crippen LogP) is 6.01. The van der Waals surface area contributed by atoms with E-state index in [2.05, 4.69) is 59.8 Å². The second-order valence-corrected chi connectivity index (χ2v) is 12.6. The minimum Gasteiger partial charge on any atom is -0.467 e. The Hall–Kier alpha value is -9.22. The van der Waals surface area contributed by atoms with Crippen LogP contribution in [0.3, 0.4) is 0 Å². The van der Waals surface area contributed by atoms with Crippen LogP contribution in [0.2, 0.25) is 0 Å². The van der Waals surface area contributed by atoms with Crippen LogP contribution in [0.15, 0.2) is 60.7 Å². The number of hydrogen-bond donors (Lipinski definition) is 0. The van der Waals surface area contributed by atoms with Gasteiger partial charge in [-0.05, 0) is 46.5 Å². The number of nitrogens with zero attached hydrogens (tertiary/aromatic N) is 12. The first kappa shape index (κ1) is 44.8. The Balaban J connectivity index is 1.15. The SMILES string of the molecule is COc1nc(OC)nc(Oc2cc(/C=C/c3ccc(/C=C/c4cc(Oc5nc(OC)nc(OC)n5)cc(Oc5nc(OC)nc(OC)n5)c4)cc3)cc(Oc3nc(OC)nc(OC)n3)c2)n1. The van der Waals surface area contributed by atoms with E-state index in [1.165, 1.54) is 56.9 Å². The fraction of sp³-hybridized carbons (Fsp3) is 0.190. The molecule has 4 aromatic heterocycles. The van der Waals surface area contributed by atoms with E-state index in [9.17, 15) is 0 Å². The molecule has 0 unspecified atom stereocenters. The summed E-state index contributed by atoms with van der Waals surface area (Å²) in [6.45, 7) is 0. The van der Waals surface area contributed by atoms with Crippen molar-refractivity contribution in [1.82, 2.24) is 59.8 Å². The van der Waals surface area contributed by atoms with Crippen molar-refractivity contribution in [2.24, 2.45) is 0 Å². The Bertz CT molecular complexity index is 2420. The van der Waals surface area contributed by atoms with Crippen LogP contribution in [-0.4, -0.2) is 117 Å². The van der Waals surface area contributed by atoms with Crippen molar-refractivity contribution in [2.45, 2.75) is 0 Å². The third-order valence-corrected chi connectivity index (χ3v) is 8.27. The lowest BCUT2D eigenvalue weighted by atomic mass is 10.1. The molecule has 0 radical (unpaired) electrons. The van der Waals surface area contributed by atoms with E-state index in [1.54, 1.807) is 36.4 Å². The van der Waals surface area contributed by atoms with E-state index in [0.29, 0.717) is 34.1 Å². The van der Waals surface area contributed by atoms with Crippen LogP contribution < -0.4 is 56.8 Å². The summed E-state index contributed by atoms with van der Waals surface area (Å²) in [5.74, 6) is 1.16. The molecule has 66 heavy (non-hydrogen) atoms. The predicted molar refractivity (Wildman–Crippen MR) is 229 cm³/mol. The largest absolute Gasteiger partial charge is 0.467 e. The van der Waals surface area contributed by atoms with Gasteiger partial charge in [0.15, 0.2) is 0 Å². The van der Waals surface area contributed by atoms with Gasteiger partial charge in [-0.3, -0.25) is 0 Å². The van der Waals surface area contributed by atoms with Crippen molar-refractivity contribution < 1.29 is 56.8 Å². The van der Waals surface area contributed by atoms with Crippen molar-refractivity contribution in [1.29, 1.82) is 0 Å². The van der Waals surface area contributed by atoms with E-state index in [0.717, 1.165) is 11.1 Å². The summed E-state index contributed by atoms with van der Waals surface area (Å²) in [5.41, 5.74) is 3.07. The monoisotopic (exact) mass is 902 g/mol. The molecule has 0 saturated heterocycles. The van der Waals surface area contributed by atoms with Gasteiger partial charge in [-0.2, -0.15) is 0 Å². The second kappa shape index (κ2) is 21.2. The van der Waals surface area contributed by atoms with Crippen molar-refractivity contribution in [2.75, 3.05) is 56.9 Å². The van der Waals surface area contributed by atoms with Gasteiger partial charge in [-0.15, -0.1) is 59.8 Å². The number of rotatable bonds is 20. The molecule has 0 aliphatic heterocycles. The summed E-state index contributed by atoms with van der Waals surface area (Å²) < 4.78 is 65.4. The Morgan fingerprint density at radius 3 is 0.621 bits per heavy atom. The van der Waals surface area contributed by atoms with Crippen LogP contribution in [0, 0.1) is 0 Å². The maximum Gasteiger partial charge on any atom is 0.331 e. The lowest BCUT2D eigenvalue weighted by Gasteiger charge is -2.11. The Labute approximate surface area is 375 Å². The van der Waals surface area contributed by atoms with E-state index >= 15 is 0 Å². The van der Waals surface area contributed by atoms with Crippen molar-refractivity contribution >= 4 is 24.3 Å². The molecule has 0 saturated carbocycles. The minimum atomic E-state index is -0.0888. The van der Waals surface area contributed by atoms with Gasteiger partial charge in [0.2, 0.25) is 0 Å². The highest BCUT2D eigenvalue weighted by Gasteiger charge is 2.16. The third-order valence-electron chi connectivity index (χ3n) is 8.27. The first-order chi connectivity index (χ1) is 32.2. The molecule has 7 rings (SSSR count). The smallest absolute Gasteiger partial charge is 0.331 e. The molecule has 3 aromatic carbocycles. The molecule has 0 spiro atoms. The first-order valence-electron chi connectivity index (χ1n) is 19.0. The van der Waals surface area contributed by atoms with Crippen LogP contribution >= 0.6 is 0 Å². The zero-order valence-electron chi connectivity index (χ0n) is 36.3. The highest BCUT2D eigenvalue weighted by atomic mass is 16.6. The van der Waals surface area contributed by atoms with Crippen molar-refractivity contribution in [3.8, 4) is 95.1 Å². The van der Waals surface area contributed by atoms with Gasteiger partial charge >= 0.3 is 72.1 Å². The first-order valence-corrected chi connectivity index (χ1v) is 19.0. The quantitative estimate of drug-likeness (QED) is 0.0793. The summed E-state index contributed by atoms with van der Waals surface area (Å²) in [4.78, 5) is 49.4. The topological polar surface area (TPSA) is 265 Å². The second-order valence-electron chi connectivity index (χ2n) is 12.6. The van der Waals surface area contributed by atoms with Crippen molar-refractivity contribution in [3.05, 3.63) is 82.9 Å². The Morgan fingerprint density at radius 1 is 0.242 bits per heavy atom. The summed E-state index contributed by atoms with van der Waals surface area (Å²) in [6, 6.07) is 17.5. The van der Waals surface area contributed by atoms with Gasteiger partial charge in [0.1, 0.15) is 23.0 Å². The summed E-state index contributed by atoms with van der Waals surface area (Å²) in [5, 5.41) is 0. The lowest BCUT2D eigenvalue weighted by molar-refractivity contribution is 0.317. The molecule has 24 nitrogen and oxygen atoms in total. The Kier molecular flexibility index (Phi) is 14.4. The summed E-state index contributed by atoms with van der Waals surface area (Å²) in [6.07, 6.45) is 7.52. The molecule has 0 N–H and O–H groups in total. The van der Waals surface area contributed by atoms with Crippen LogP contribution in [0.25, 0.3) is 24.3 Å². The minimum absolute atomic E-state index is 0.00825. The maximum atomic E-state index is 6.02. The van der Waals surface area contributed by atoms with Gasteiger partial charge < -0.3 is 56.8 Å². The van der Waals surface area contributed by atoms with E-state index in [1.807, 2.05) is 48.6 Å². The molecule has 0 aliphatic rings. The molecular weight excluding hydrogens is 865 g/mol. The molecule has 0 fully saturated rings. The molecule has 7 aromatic rings. The maximum absolute atomic E-state index is 6.02. The average molecular weight is 903 g/mol. The molecular formula is C42H38N12O12. The number of methoxy groups -OCH3 is 8.